The molecule has 18 heavy (non-hydrogen) atoms. The lowest BCUT2D eigenvalue weighted by atomic mass is 10.2. The summed E-state index contributed by atoms with van der Waals surface area (Å²) in [6.07, 6.45) is 1.09. The molecule has 0 radical (unpaired) electrons. The third kappa shape index (κ3) is 2.95. The molecule has 6 heteroatoms. The molecule has 0 aliphatic heterocycles. The van der Waals surface area contributed by atoms with Crippen LogP contribution in [0.15, 0.2) is 42.6 Å². The average molecular weight is 265 g/mol. The molecule has 0 saturated heterocycles. The molecule has 0 spiro atoms. The summed E-state index contributed by atoms with van der Waals surface area (Å²) >= 11 is 5.74. The van der Waals surface area contributed by atoms with E-state index in [0.717, 1.165) is 11.8 Å². The van der Waals surface area contributed by atoms with Crippen LogP contribution in [0, 0.1) is 10.1 Å². The fraction of sp³-hybridized carbons (Fsp3) is 0.0833. The minimum atomic E-state index is -0.587. The monoisotopic (exact) mass is 264 g/mol. The van der Waals surface area contributed by atoms with Crippen molar-refractivity contribution in [2.45, 2.75) is 6.61 Å². The molecule has 2 aromatic rings. The molecule has 0 fully saturated rings. The highest BCUT2D eigenvalue weighted by Gasteiger charge is 2.13. The lowest BCUT2D eigenvalue weighted by Crippen LogP contribution is -1.98. The SMILES string of the molecule is O=[N+]([O-])c1cnc(OCc2ccccc2)cc1Cl. The standard InChI is InChI=1S/C12H9ClN2O3/c13-10-6-12(14-7-11(10)15(16)17)18-8-9-4-2-1-3-5-9/h1-7H,8H2. The van der Waals surface area contributed by atoms with Crippen LogP contribution in [0.5, 0.6) is 5.88 Å². The van der Waals surface area contributed by atoms with Crippen molar-refractivity contribution in [1.82, 2.24) is 4.98 Å². The molecule has 0 unspecified atom stereocenters. The van der Waals surface area contributed by atoms with Gasteiger partial charge in [-0.1, -0.05) is 41.9 Å². The Bertz CT molecular complexity index is 561. The minimum absolute atomic E-state index is 0.0121. The van der Waals surface area contributed by atoms with Gasteiger partial charge in [0, 0.05) is 6.07 Å². The molecule has 2 rings (SSSR count). The van der Waals surface area contributed by atoms with E-state index in [9.17, 15) is 10.1 Å². The Hall–Kier alpha value is -2.14. The normalized spacial score (nSPS) is 10.1. The predicted molar refractivity (Wildman–Crippen MR) is 66.7 cm³/mol. The van der Waals surface area contributed by atoms with Gasteiger partial charge in [-0.05, 0) is 5.56 Å². The minimum Gasteiger partial charge on any atom is -0.473 e. The number of nitrogens with zero attached hydrogens (tertiary/aromatic N) is 2. The van der Waals surface area contributed by atoms with Crippen molar-refractivity contribution in [3.8, 4) is 5.88 Å². The lowest BCUT2D eigenvalue weighted by Gasteiger charge is -2.05. The van der Waals surface area contributed by atoms with E-state index >= 15 is 0 Å². The first-order chi connectivity index (χ1) is 8.66. The summed E-state index contributed by atoms with van der Waals surface area (Å²) in [7, 11) is 0. The van der Waals surface area contributed by atoms with Crippen LogP contribution < -0.4 is 4.74 Å². The van der Waals surface area contributed by atoms with Crippen LogP contribution in [0.25, 0.3) is 0 Å². The Kier molecular flexibility index (Phi) is 3.74. The summed E-state index contributed by atoms with van der Waals surface area (Å²) in [6.45, 7) is 0.335. The maximum Gasteiger partial charge on any atom is 0.306 e. The van der Waals surface area contributed by atoms with Gasteiger partial charge in [-0.15, -0.1) is 0 Å². The molecule has 0 aliphatic rings. The largest absolute Gasteiger partial charge is 0.473 e. The molecule has 0 aliphatic carbocycles. The number of pyridine rings is 1. The van der Waals surface area contributed by atoms with Gasteiger partial charge in [0.2, 0.25) is 5.88 Å². The number of aromatic nitrogens is 1. The number of benzene rings is 1. The second-order valence-electron chi connectivity index (χ2n) is 3.51. The molecular formula is C12H9ClN2O3. The number of ether oxygens (including phenoxy) is 1. The van der Waals surface area contributed by atoms with Crippen LogP contribution in [-0.4, -0.2) is 9.91 Å². The van der Waals surface area contributed by atoms with Gasteiger partial charge in [0.05, 0.1) is 4.92 Å². The molecule has 0 bridgehead atoms. The number of rotatable bonds is 4. The summed E-state index contributed by atoms with van der Waals surface area (Å²) in [5.74, 6) is 0.259. The Morgan fingerprint density at radius 3 is 2.67 bits per heavy atom. The maximum absolute atomic E-state index is 10.6. The molecule has 0 saturated carbocycles. The molecule has 5 nitrogen and oxygen atoms in total. The predicted octanol–water partition coefficient (Wildman–Crippen LogP) is 3.22. The van der Waals surface area contributed by atoms with E-state index in [1.165, 1.54) is 6.07 Å². The van der Waals surface area contributed by atoms with Crippen LogP contribution >= 0.6 is 11.6 Å². The van der Waals surface area contributed by atoms with Crippen molar-refractivity contribution in [1.29, 1.82) is 0 Å². The fourth-order valence-corrected chi connectivity index (χ4v) is 1.56. The van der Waals surface area contributed by atoms with Gasteiger partial charge in [0.25, 0.3) is 0 Å². The molecule has 1 aromatic carbocycles. The molecule has 0 amide bonds. The smallest absolute Gasteiger partial charge is 0.306 e. The molecule has 0 N–H and O–H groups in total. The zero-order chi connectivity index (χ0) is 13.0. The van der Waals surface area contributed by atoms with Gasteiger partial charge in [-0.3, -0.25) is 10.1 Å². The first-order valence-corrected chi connectivity index (χ1v) is 5.51. The van der Waals surface area contributed by atoms with Crippen LogP contribution in [0.3, 0.4) is 0 Å². The van der Waals surface area contributed by atoms with Crippen molar-refractivity contribution < 1.29 is 9.66 Å². The lowest BCUT2D eigenvalue weighted by molar-refractivity contribution is -0.385. The van der Waals surface area contributed by atoms with Gasteiger partial charge >= 0.3 is 5.69 Å². The molecule has 0 atom stereocenters. The summed E-state index contributed by atoms with van der Waals surface area (Å²) in [5, 5.41) is 10.6. The highest BCUT2D eigenvalue weighted by Crippen LogP contribution is 2.26. The summed E-state index contributed by atoms with van der Waals surface area (Å²) < 4.78 is 5.39. The summed E-state index contributed by atoms with van der Waals surface area (Å²) in [5.41, 5.74) is 0.748. The second kappa shape index (κ2) is 5.46. The van der Waals surface area contributed by atoms with E-state index in [4.69, 9.17) is 16.3 Å². The van der Waals surface area contributed by atoms with Gasteiger partial charge in [0.15, 0.2) is 0 Å². The first-order valence-electron chi connectivity index (χ1n) is 5.13. The van der Waals surface area contributed by atoms with Crippen LogP contribution in [0.2, 0.25) is 5.02 Å². The zero-order valence-electron chi connectivity index (χ0n) is 9.25. The Balaban J connectivity index is 2.07. The average Bonchev–Trinajstić information content (AvgIpc) is 2.37. The van der Waals surface area contributed by atoms with Crippen LogP contribution in [0.4, 0.5) is 5.69 Å². The van der Waals surface area contributed by atoms with Crippen LogP contribution in [0.1, 0.15) is 5.56 Å². The van der Waals surface area contributed by atoms with E-state index in [2.05, 4.69) is 4.98 Å². The number of hydrogen-bond donors (Lipinski definition) is 0. The van der Waals surface area contributed by atoms with Gasteiger partial charge in [-0.2, -0.15) is 0 Å². The van der Waals surface area contributed by atoms with Crippen molar-refractivity contribution in [3.63, 3.8) is 0 Å². The third-order valence-corrected chi connectivity index (χ3v) is 2.54. The number of halogens is 1. The Labute approximate surface area is 108 Å². The van der Waals surface area contributed by atoms with Crippen LogP contribution in [-0.2, 0) is 6.61 Å². The van der Waals surface area contributed by atoms with Crippen molar-refractivity contribution >= 4 is 17.3 Å². The fourth-order valence-electron chi connectivity index (χ4n) is 1.35. The Morgan fingerprint density at radius 2 is 2.06 bits per heavy atom. The first kappa shape index (κ1) is 12.3. The summed E-state index contributed by atoms with van der Waals surface area (Å²) in [6, 6.07) is 10.9. The maximum atomic E-state index is 10.6. The highest BCUT2D eigenvalue weighted by atomic mass is 35.5. The van der Waals surface area contributed by atoms with E-state index in [1.54, 1.807) is 0 Å². The quantitative estimate of drug-likeness (QED) is 0.628. The van der Waals surface area contributed by atoms with Gasteiger partial charge in [-0.25, -0.2) is 4.98 Å². The summed E-state index contributed by atoms with van der Waals surface area (Å²) in [4.78, 5) is 13.8. The second-order valence-corrected chi connectivity index (χ2v) is 3.91. The third-order valence-electron chi connectivity index (χ3n) is 2.24. The molecule has 1 aromatic heterocycles. The van der Waals surface area contributed by atoms with Gasteiger partial charge in [0.1, 0.15) is 17.8 Å². The van der Waals surface area contributed by atoms with E-state index < -0.39 is 4.92 Å². The highest BCUT2D eigenvalue weighted by molar-refractivity contribution is 6.32. The number of hydrogen-bond acceptors (Lipinski definition) is 4. The zero-order valence-corrected chi connectivity index (χ0v) is 10.0. The van der Waals surface area contributed by atoms with Gasteiger partial charge < -0.3 is 4.74 Å². The molecule has 92 valence electrons. The number of nitro groups is 1. The van der Waals surface area contributed by atoms with Crippen molar-refractivity contribution in [2.75, 3.05) is 0 Å². The topological polar surface area (TPSA) is 65.3 Å². The van der Waals surface area contributed by atoms with E-state index in [1.807, 2.05) is 30.3 Å². The van der Waals surface area contributed by atoms with E-state index in [0.29, 0.717) is 6.61 Å². The Morgan fingerprint density at radius 1 is 1.33 bits per heavy atom. The molecule has 1 heterocycles. The molecular weight excluding hydrogens is 256 g/mol. The van der Waals surface area contributed by atoms with E-state index in [-0.39, 0.29) is 16.6 Å². The van der Waals surface area contributed by atoms with Crippen molar-refractivity contribution in [2.24, 2.45) is 0 Å². The van der Waals surface area contributed by atoms with Crippen molar-refractivity contribution in [3.05, 3.63) is 63.3 Å².